The highest BCUT2D eigenvalue weighted by molar-refractivity contribution is 7.22. The molecular formula is C23H21N3O2S. The van der Waals surface area contributed by atoms with E-state index in [0.717, 1.165) is 16.0 Å². The smallest absolute Gasteiger partial charge is 0.271 e. The Bertz CT molecular complexity index is 1180. The average Bonchev–Trinajstić information content (AvgIpc) is 3.20. The van der Waals surface area contributed by atoms with E-state index in [1.807, 2.05) is 73.7 Å². The molecule has 0 aliphatic rings. The largest absolute Gasteiger partial charge is 0.337 e. The first-order chi connectivity index (χ1) is 14.2. The molecule has 0 bridgehead atoms. The number of amides is 1. The number of rotatable bonds is 6. The zero-order chi connectivity index (χ0) is 20.2. The van der Waals surface area contributed by atoms with Crippen LogP contribution in [0.25, 0.3) is 20.7 Å². The van der Waals surface area contributed by atoms with Crippen LogP contribution in [0.3, 0.4) is 0 Å². The Morgan fingerprint density at radius 3 is 2.45 bits per heavy atom. The van der Waals surface area contributed by atoms with E-state index in [4.69, 9.17) is 0 Å². The van der Waals surface area contributed by atoms with Gasteiger partial charge < -0.3 is 4.90 Å². The van der Waals surface area contributed by atoms with Gasteiger partial charge in [0.2, 0.25) is 5.91 Å². The fourth-order valence-corrected chi connectivity index (χ4v) is 4.29. The van der Waals surface area contributed by atoms with Crippen molar-refractivity contribution >= 4 is 27.5 Å². The fraction of sp³-hybridized carbons (Fsp3) is 0.174. The summed E-state index contributed by atoms with van der Waals surface area (Å²) in [6.07, 6.45) is 1.47. The highest BCUT2D eigenvalue weighted by Gasteiger charge is 2.16. The number of benzene rings is 2. The van der Waals surface area contributed by atoms with E-state index in [2.05, 4.69) is 4.98 Å². The Morgan fingerprint density at radius 2 is 1.76 bits per heavy atom. The molecule has 4 rings (SSSR count). The molecule has 0 aliphatic carbocycles. The van der Waals surface area contributed by atoms with Crippen LogP contribution in [0.2, 0.25) is 0 Å². The van der Waals surface area contributed by atoms with Gasteiger partial charge >= 0.3 is 0 Å². The Labute approximate surface area is 172 Å². The summed E-state index contributed by atoms with van der Waals surface area (Å²) in [5, 5.41) is 0. The molecule has 4 aromatic rings. The lowest BCUT2D eigenvalue weighted by atomic mass is 10.2. The van der Waals surface area contributed by atoms with Gasteiger partial charge in [-0.05, 0) is 24.1 Å². The van der Waals surface area contributed by atoms with E-state index in [0.29, 0.717) is 23.3 Å². The zero-order valence-corrected chi connectivity index (χ0v) is 16.9. The van der Waals surface area contributed by atoms with Gasteiger partial charge in [0.05, 0.1) is 11.8 Å². The Kier molecular flexibility index (Phi) is 5.53. The van der Waals surface area contributed by atoms with Gasteiger partial charge in [-0.2, -0.15) is 0 Å². The second-order valence-electron chi connectivity index (χ2n) is 6.76. The lowest BCUT2D eigenvalue weighted by Crippen LogP contribution is -2.36. The van der Waals surface area contributed by atoms with Gasteiger partial charge in [0.1, 0.15) is 11.2 Å². The van der Waals surface area contributed by atoms with Crippen molar-refractivity contribution in [3.05, 3.63) is 89.0 Å². The summed E-state index contributed by atoms with van der Waals surface area (Å²) in [7, 11) is 0. The maximum atomic E-state index is 12.9. The average molecular weight is 404 g/mol. The highest BCUT2D eigenvalue weighted by atomic mass is 32.1. The fourth-order valence-electron chi connectivity index (χ4n) is 3.23. The van der Waals surface area contributed by atoms with E-state index in [9.17, 15) is 9.59 Å². The van der Waals surface area contributed by atoms with Crippen molar-refractivity contribution in [1.82, 2.24) is 14.5 Å². The molecule has 0 radical (unpaired) electrons. The minimum atomic E-state index is -0.175. The maximum Gasteiger partial charge on any atom is 0.271 e. The quantitative estimate of drug-likeness (QED) is 0.485. The Hall–Kier alpha value is -3.25. The molecule has 0 spiro atoms. The summed E-state index contributed by atoms with van der Waals surface area (Å²) >= 11 is 1.41. The molecule has 0 saturated heterocycles. The van der Waals surface area contributed by atoms with Gasteiger partial charge in [-0.1, -0.05) is 60.7 Å². The molecule has 0 aliphatic heterocycles. The molecule has 2 aromatic heterocycles. The second kappa shape index (κ2) is 8.41. The summed E-state index contributed by atoms with van der Waals surface area (Å²) in [5.74, 6) is -0.0977. The topological polar surface area (TPSA) is 55.2 Å². The summed E-state index contributed by atoms with van der Waals surface area (Å²) in [4.78, 5) is 32.9. The van der Waals surface area contributed by atoms with Crippen molar-refractivity contribution in [2.75, 3.05) is 6.54 Å². The van der Waals surface area contributed by atoms with Gasteiger partial charge in [-0.3, -0.25) is 14.2 Å². The molecule has 0 unspecified atom stereocenters. The van der Waals surface area contributed by atoms with Crippen LogP contribution in [0.4, 0.5) is 0 Å². The van der Waals surface area contributed by atoms with Crippen molar-refractivity contribution in [3.63, 3.8) is 0 Å². The Balaban J connectivity index is 1.58. The number of thiophene rings is 1. The first kappa shape index (κ1) is 19.1. The first-order valence-corrected chi connectivity index (χ1v) is 10.3. The van der Waals surface area contributed by atoms with E-state index in [-0.39, 0.29) is 18.0 Å². The third-order valence-electron chi connectivity index (χ3n) is 4.82. The van der Waals surface area contributed by atoms with Gasteiger partial charge in [0.25, 0.3) is 5.56 Å². The number of carbonyl (C=O) groups excluding carboxylic acids is 1. The van der Waals surface area contributed by atoms with Crippen LogP contribution < -0.4 is 5.56 Å². The summed E-state index contributed by atoms with van der Waals surface area (Å²) in [5.41, 5.74) is 2.61. The number of carbonyl (C=O) groups is 1. The number of hydrogen-bond donors (Lipinski definition) is 0. The normalized spacial score (nSPS) is 10.9. The number of nitrogens with zero attached hydrogens (tertiary/aromatic N) is 3. The lowest BCUT2D eigenvalue weighted by Gasteiger charge is -2.21. The lowest BCUT2D eigenvalue weighted by molar-refractivity contribution is -0.132. The number of likely N-dealkylation sites (N-methyl/N-ethyl adjacent to an activating group) is 1. The van der Waals surface area contributed by atoms with E-state index >= 15 is 0 Å². The number of aromatic nitrogens is 2. The number of fused-ring (bicyclic) bond motifs is 1. The van der Waals surface area contributed by atoms with Gasteiger partial charge in [-0.25, -0.2) is 4.98 Å². The molecule has 5 nitrogen and oxygen atoms in total. The predicted octanol–water partition coefficient (Wildman–Crippen LogP) is 4.17. The predicted molar refractivity (Wildman–Crippen MR) is 117 cm³/mol. The minimum Gasteiger partial charge on any atom is -0.337 e. The van der Waals surface area contributed by atoms with Crippen LogP contribution in [0.5, 0.6) is 0 Å². The third-order valence-corrected chi connectivity index (χ3v) is 5.98. The van der Waals surface area contributed by atoms with Crippen LogP contribution in [0.1, 0.15) is 12.5 Å². The van der Waals surface area contributed by atoms with Crippen molar-refractivity contribution < 1.29 is 4.79 Å². The third kappa shape index (κ3) is 4.12. The van der Waals surface area contributed by atoms with Crippen molar-refractivity contribution in [2.45, 2.75) is 20.0 Å². The van der Waals surface area contributed by atoms with Gasteiger partial charge in [-0.15, -0.1) is 11.3 Å². The molecule has 0 N–H and O–H groups in total. The molecule has 0 saturated carbocycles. The molecule has 0 atom stereocenters. The zero-order valence-electron chi connectivity index (χ0n) is 16.1. The van der Waals surface area contributed by atoms with E-state index < -0.39 is 0 Å². The van der Waals surface area contributed by atoms with E-state index in [1.165, 1.54) is 22.2 Å². The van der Waals surface area contributed by atoms with Crippen molar-refractivity contribution in [2.24, 2.45) is 0 Å². The van der Waals surface area contributed by atoms with Crippen LogP contribution in [-0.4, -0.2) is 26.9 Å². The van der Waals surface area contributed by atoms with Crippen LogP contribution in [-0.2, 0) is 17.9 Å². The van der Waals surface area contributed by atoms with Crippen molar-refractivity contribution in [3.8, 4) is 10.4 Å². The molecule has 0 fully saturated rings. The van der Waals surface area contributed by atoms with Crippen molar-refractivity contribution in [1.29, 1.82) is 0 Å². The second-order valence-corrected chi connectivity index (χ2v) is 7.81. The summed E-state index contributed by atoms with van der Waals surface area (Å²) in [6, 6.07) is 21.7. The maximum absolute atomic E-state index is 12.9. The Morgan fingerprint density at radius 1 is 1.07 bits per heavy atom. The molecule has 146 valence electrons. The highest BCUT2D eigenvalue weighted by Crippen LogP contribution is 2.30. The number of hydrogen-bond acceptors (Lipinski definition) is 4. The summed E-state index contributed by atoms with van der Waals surface area (Å²) < 4.78 is 1.98. The first-order valence-electron chi connectivity index (χ1n) is 9.52. The SMILES string of the molecule is CCN(Cc1ccccc1)C(=O)Cn1cnc2cc(-c3ccccc3)sc2c1=O. The molecule has 2 heterocycles. The van der Waals surface area contributed by atoms with Gasteiger partial charge in [0.15, 0.2) is 0 Å². The molecule has 1 amide bonds. The van der Waals surface area contributed by atoms with Crippen LogP contribution in [0.15, 0.2) is 77.9 Å². The standard InChI is InChI=1S/C23H21N3O2S/c1-2-25(14-17-9-5-3-6-10-17)21(27)15-26-16-24-19-13-20(29-22(19)23(26)28)18-11-7-4-8-12-18/h3-13,16H,2,14-15H2,1H3. The molecule has 29 heavy (non-hydrogen) atoms. The minimum absolute atomic E-state index is 0.0129. The molecular weight excluding hydrogens is 382 g/mol. The van der Waals surface area contributed by atoms with E-state index in [1.54, 1.807) is 4.90 Å². The monoisotopic (exact) mass is 403 g/mol. The summed E-state index contributed by atoms with van der Waals surface area (Å²) in [6.45, 7) is 3.03. The molecule has 2 aromatic carbocycles. The van der Waals surface area contributed by atoms with Gasteiger partial charge in [0, 0.05) is 18.0 Å². The molecule has 6 heteroatoms. The van der Waals surface area contributed by atoms with Crippen LogP contribution in [0, 0.1) is 0 Å². The van der Waals surface area contributed by atoms with Crippen LogP contribution >= 0.6 is 11.3 Å².